The molecule has 206 valence electrons. The molecule has 0 radical (unpaired) electrons. The van der Waals surface area contributed by atoms with Gasteiger partial charge in [-0.05, 0) is 86.0 Å². The molecule has 1 N–H and O–H groups in total. The van der Waals surface area contributed by atoms with Gasteiger partial charge >= 0.3 is 5.97 Å². The summed E-state index contributed by atoms with van der Waals surface area (Å²) < 4.78 is 5.39. The Morgan fingerprint density at radius 1 is 1.08 bits per heavy atom. The zero-order valence-corrected chi connectivity index (χ0v) is 24.1. The van der Waals surface area contributed by atoms with E-state index in [-0.39, 0.29) is 63.7 Å². The molecule has 0 bridgehead atoms. The first-order valence-corrected chi connectivity index (χ1v) is 14.2. The molecular formula is C32H43NO5. The number of nitrogens with zero attached hydrogens (tertiary/aromatic N) is 1. The standard InChI is InChI=1S/C32H43NO5/c1-27(2)10-12-32(26(37)38-7)13-11-31(6)24(20(32)16-27)21(35)14-23-28(3)15-19(17-33)25(36)29(4,18-34)22(28)8-9-30(23,31)5/h14-15,20,22,24,34H,8-13,16,18H2,1-7H3/t20?,22?,24?,28-,29+,30+,31+,32-/m0/s1. The zero-order chi connectivity index (χ0) is 28.1. The molecule has 0 aromatic rings. The van der Waals surface area contributed by atoms with Crippen LogP contribution in [0.2, 0.25) is 0 Å². The molecule has 0 spiro atoms. The molecule has 3 unspecified atom stereocenters. The highest BCUT2D eigenvalue weighted by atomic mass is 16.5. The molecule has 0 aliphatic heterocycles. The molecule has 6 heteroatoms. The highest BCUT2D eigenvalue weighted by molar-refractivity contribution is 6.05. The smallest absolute Gasteiger partial charge is 0.312 e. The Hall–Kier alpha value is -2.26. The van der Waals surface area contributed by atoms with Gasteiger partial charge in [-0.3, -0.25) is 14.4 Å². The van der Waals surface area contributed by atoms with Crippen molar-refractivity contribution in [3.63, 3.8) is 0 Å². The van der Waals surface area contributed by atoms with Crippen molar-refractivity contribution in [2.45, 2.75) is 86.5 Å². The molecule has 5 aliphatic carbocycles. The Labute approximate surface area is 226 Å². The number of nitriles is 1. The fourth-order valence-corrected chi connectivity index (χ4v) is 10.2. The van der Waals surface area contributed by atoms with Gasteiger partial charge in [0.05, 0.1) is 30.1 Å². The van der Waals surface area contributed by atoms with Crippen LogP contribution in [0.5, 0.6) is 0 Å². The fraction of sp³-hybridized carbons (Fsp3) is 0.750. The fourth-order valence-electron chi connectivity index (χ4n) is 10.2. The molecule has 0 aromatic heterocycles. The van der Waals surface area contributed by atoms with Crippen molar-refractivity contribution in [1.29, 1.82) is 5.26 Å². The molecule has 0 aromatic carbocycles. The lowest BCUT2D eigenvalue weighted by atomic mass is 9.34. The van der Waals surface area contributed by atoms with Crippen LogP contribution in [0.25, 0.3) is 0 Å². The summed E-state index contributed by atoms with van der Waals surface area (Å²) in [5.74, 6) is -1.00. The van der Waals surface area contributed by atoms with Crippen LogP contribution in [0.15, 0.2) is 23.3 Å². The normalized spacial score (nSPS) is 47.3. The van der Waals surface area contributed by atoms with Crippen molar-refractivity contribution < 1.29 is 24.2 Å². The molecule has 0 heterocycles. The van der Waals surface area contributed by atoms with E-state index in [4.69, 9.17) is 4.74 Å². The topological polar surface area (TPSA) is 104 Å². The average Bonchev–Trinajstić information content (AvgIpc) is 2.86. The lowest BCUT2D eigenvalue weighted by molar-refractivity contribution is -0.191. The molecule has 5 aliphatic rings. The molecule has 0 saturated heterocycles. The number of carbonyl (C=O) groups excluding carboxylic acids is 3. The van der Waals surface area contributed by atoms with Crippen molar-refractivity contribution in [2.75, 3.05) is 13.7 Å². The number of aliphatic hydroxyl groups is 1. The lowest BCUT2D eigenvalue weighted by Crippen LogP contribution is -2.66. The Morgan fingerprint density at radius 3 is 2.34 bits per heavy atom. The van der Waals surface area contributed by atoms with Crippen molar-refractivity contribution in [1.82, 2.24) is 0 Å². The van der Waals surface area contributed by atoms with Gasteiger partial charge in [0.1, 0.15) is 6.07 Å². The number of aliphatic hydroxyl groups excluding tert-OH is 1. The van der Waals surface area contributed by atoms with Gasteiger partial charge in [0, 0.05) is 11.3 Å². The molecule has 3 fully saturated rings. The third-order valence-electron chi connectivity index (χ3n) is 12.6. The highest BCUT2D eigenvalue weighted by Crippen LogP contribution is 2.74. The number of ketones is 2. The second-order valence-corrected chi connectivity index (χ2v) is 14.8. The molecular weight excluding hydrogens is 478 g/mol. The molecule has 3 saturated carbocycles. The highest BCUT2D eigenvalue weighted by Gasteiger charge is 2.71. The predicted molar refractivity (Wildman–Crippen MR) is 142 cm³/mol. The summed E-state index contributed by atoms with van der Waals surface area (Å²) in [6, 6.07) is 2.09. The van der Waals surface area contributed by atoms with Gasteiger partial charge in [0.15, 0.2) is 11.6 Å². The number of hydrogen-bond donors (Lipinski definition) is 1. The van der Waals surface area contributed by atoms with E-state index in [9.17, 15) is 24.8 Å². The first kappa shape index (κ1) is 27.3. The van der Waals surface area contributed by atoms with E-state index in [0.717, 1.165) is 44.1 Å². The summed E-state index contributed by atoms with van der Waals surface area (Å²) in [5, 5.41) is 20.3. The third-order valence-corrected chi connectivity index (χ3v) is 12.6. The number of allylic oxidation sites excluding steroid dienone is 4. The maximum atomic E-state index is 14.4. The van der Waals surface area contributed by atoms with E-state index in [1.165, 1.54) is 7.11 Å². The summed E-state index contributed by atoms with van der Waals surface area (Å²) in [6.45, 7) is 12.5. The Bertz CT molecular complexity index is 1220. The predicted octanol–water partition coefficient (Wildman–Crippen LogP) is 5.35. The van der Waals surface area contributed by atoms with E-state index in [1.54, 1.807) is 13.0 Å². The average molecular weight is 522 g/mol. The quantitative estimate of drug-likeness (QED) is 0.491. The number of ether oxygens (including phenoxy) is 1. The van der Waals surface area contributed by atoms with Gasteiger partial charge in [0.2, 0.25) is 0 Å². The van der Waals surface area contributed by atoms with Gasteiger partial charge < -0.3 is 9.84 Å². The Balaban J connectivity index is 1.71. The summed E-state index contributed by atoms with van der Waals surface area (Å²) in [5.41, 5.74) is -2.03. The number of rotatable bonds is 2. The minimum atomic E-state index is -1.07. The summed E-state index contributed by atoms with van der Waals surface area (Å²) in [6.07, 6.45) is 9.07. The van der Waals surface area contributed by atoms with E-state index in [0.29, 0.717) is 6.42 Å². The summed E-state index contributed by atoms with van der Waals surface area (Å²) >= 11 is 0. The largest absolute Gasteiger partial charge is 0.469 e. The first-order chi connectivity index (χ1) is 17.6. The van der Waals surface area contributed by atoms with Crippen LogP contribution in [0.1, 0.15) is 86.5 Å². The van der Waals surface area contributed by atoms with Crippen molar-refractivity contribution >= 4 is 17.5 Å². The Morgan fingerprint density at radius 2 is 1.74 bits per heavy atom. The van der Waals surface area contributed by atoms with Crippen LogP contribution in [-0.2, 0) is 19.1 Å². The summed E-state index contributed by atoms with van der Waals surface area (Å²) in [7, 11) is 1.47. The van der Waals surface area contributed by atoms with Crippen LogP contribution in [0.4, 0.5) is 0 Å². The third kappa shape index (κ3) is 3.12. The monoisotopic (exact) mass is 521 g/mol. The number of esters is 1. The number of hydrogen-bond acceptors (Lipinski definition) is 6. The molecule has 38 heavy (non-hydrogen) atoms. The lowest BCUT2D eigenvalue weighted by Gasteiger charge is -2.68. The second-order valence-electron chi connectivity index (χ2n) is 14.8. The second kappa shape index (κ2) is 8.13. The maximum Gasteiger partial charge on any atom is 0.312 e. The molecule has 0 amide bonds. The van der Waals surface area contributed by atoms with Crippen LogP contribution in [-0.4, -0.2) is 36.4 Å². The molecule has 8 atom stereocenters. The molecule has 5 rings (SSSR count). The van der Waals surface area contributed by atoms with Crippen molar-refractivity contribution in [3.8, 4) is 6.07 Å². The van der Waals surface area contributed by atoms with Gasteiger partial charge in [-0.1, -0.05) is 46.3 Å². The maximum absolute atomic E-state index is 14.4. The van der Waals surface area contributed by atoms with Crippen LogP contribution in [0.3, 0.4) is 0 Å². The van der Waals surface area contributed by atoms with Crippen molar-refractivity contribution in [3.05, 3.63) is 23.3 Å². The molecule has 6 nitrogen and oxygen atoms in total. The number of carbonyl (C=O) groups is 3. The summed E-state index contributed by atoms with van der Waals surface area (Å²) in [4.78, 5) is 41.0. The van der Waals surface area contributed by atoms with Gasteiger partial charge in [-0.25, -0.2) is 0 Å². The SMILES string of the molecule is COC(=O)[C@]12CCC(C)(C)CC1C1C(=O)C=C3[C@@]4(C)C=C(C#N)C(=O)[C@](C)(CO)C4CC[C@@]3(C)[C@]1(C)CC2. The van der Waals surface area contributed by atoms with Gasteiger partial charge in [-0.2, -0.15) is 5.26 Å². The zero-order valence-electron chi connectivity index (χ0n) is 24.1. The van der Waals surface area contributed by atoms with Crippen LogP contribution < -0.4 is 0 Å². The number of Topliss-reactive ketones (excluding diaryl/α,β-unsaturated/α-hetero) is 1. The minimum absolute atomic E-state index is 0.0341. The van der Waals surface area contributed by atoms with Crippen LogP contribution >= 0.6 is 0 Å². The number of fused-ring (bicyclic) bond motifs is 7. The number of methoxy groups -OCH3 is 1. The van der Waals surface area contributed by atoms with Gasteiger partial charge in [-0.15, -0.1) is 0 Å². The van der Waals surface area contributed by atoms with E-state index in [1.807, 2.05) is 6.08 Å². The first-order valence-electron chi connectivity index (χ1n) is 14.2. The minimum Gasteiger partial charge on any atom is -0.469 e. The van der Waals surface area contributed by atoms with Gasteiger partial charge in [0.25, 0.3) is 0 Å². The van der Waals surface area contributed by atoms with E-state index < -0.39 is 16.2 Å². The van der Waals surface area contributed by atoms with E-state index in [2.05, 4.69) is 40.7 Å². The van der Waals surface area contributed by atoms with E-state index >= 15 is 0 Å². The van der Waals surface area contributed by atoms with Crippen LogP contribution in [0, 0.1) is 61.6 Å². The van der Waals surface area contributed by atoms with Crippen molar-refractivity contribution in [2.24, 2.45) is 50.2 Å². The Kier molecular flexibility index (Phi) is 5.84.